The zero-order valence-electron chi connectivity index (χ0n) is 24.0. The second-order valence-corrected chi connectivity index (χ2v) is 10.9. The molecular formula is C6H36Ca3O42P6. The van der Waals surface area contributed by atoms with Crippen molar-refractivity contribution in [3.8, 4) is 0 Å². The quantitative estimate of drug-likeness (QED) is 0.0792. The zero-order valence-corrected chi connectivity index (χ0v) is 29.4. The number of hydrogen-bond donors (Lipinski definition) is 30. The van der Waals surface area contributed by atoms with Crippen molar-refractivity contribution in [1.29, 1.82) is 0 Å². The topological polar surface area (TPSA) is 812 Å². The Hall–Kier alpha value is 0.0592. The fraction of sp³-hybridized carbons (Fsp3) is 0. The van der Waals surface area contributed by atoms with Gasteiger partial charge in [0.05, 0.1) is 0 Å². The second-order valence-electron chi connectivity index (χ2n) is 4.78. The van der Waals surface area contributed by atoms with Gasteiger partial charge in [0, 0.05) is 0 Å². The van der Waals surface area contributed by atoms with E-state index in [1.807, 2.05) is 0 Å². The Morgan fingerprint density at radius 2 is 0.193 bits per heavy atom. The number of phosphoric acid groups is 6. The van der Waals surface area contributed by atoms with Crippen LogP contribution in [0.5, 0.6) is 0 Å². The van der Waals surface area contributed by atoms with Crippen molar-refractivity contribution in [3.63, 3.8) is 0 Å². The van der Waals surface area contributed by atoms with Crippen LogP contribution in [-0.2, 0) is 27.4 Å². The minimum atomic E-state index is -4.64. The normalized spacial score (nSPS) is 8.74. The van der Waals surface area contributed by atoms with Gasteiger partial charge in [-0.05, 0) is 0 Å². The van der Waals surface area contributed by atoms with Gasteiger partial charge >= 0.3 is 197 Å². The molecule has 0 fully saturated rings. The molecule has 0 spiro atoms. The van der Waals surface area contributed by atoms with Crippen molar-refractivity contribution in [1.82, 2.24) is 0 Å². The van der Waals surface area contributed by atoms with Crippen LogP contribution in [-0.4, -0.2) is 300 Å². The van der Waals surface area contributed by atoms with Crippen LogP contribution in [0.2, 0.25) is 0 Å². The molecule has 0 amide bonds. The standard InChI is InChI=1S/6CH2O3.3Ca.6H3O4P.6H/c6*2-1(3)4;;;;6*1-5(2,3)4;;;;;;/h6*(H2,2,3,4);;;;6*(H3,1,2,3,4);;;;;;. The van der Waals surface area contributed by atoms with Crippen LogP contribution in [0.3, 0.4) is 0 Å². The van der Waals surface area contributed by atoms with E-state index in [-0.39, 0.29) is 113 Å². The summed E-state index contributed by atoms with van der Waals surface area (Å²) in [6.45, 7) is 0. The molecule has 348 valence electrons. The van der Waals surface area contributed by atoms with E-state index in [0.717, 1.165) is 0 Å². The number of carbonyl (C=O) groups is 6. The van der Waals surface area contributed by atoms with Crippen LogP contribution < -0.4 is 0 Å². The molecule has 0 bridgehead atoms. The maximum atomic E-state index is 8.88. The van der Waals surface area contributed by atoms with Gasteiger partial charge in [-0.2, -0.15) is 0 Å². The van der Waals surface area contributed by atoms with E-state index < -0.39 is 83.9 Å². The minimum absolute atomic E-state index is 0. The first-order chi connectivity index (χ1) is 22.4. The van der Waals surface area contributed by atoms with Gasteiger partial charge in [0.15, 0.2) is 0 Å². The van der Waals surface area contributed by atoms with Gasteiger partial charge in [0.1, 0.15) is 0 Å². The average Bonchev–Trinajstić information content (AvgIpc) is 2.55. The SMILES string of the molecule is O=C(O)O.O=C(O)O.O=C(O)O.O=C(O)O.O=C(O)O.O=C(O)O.O=P(O)(O)O.O=P(O)(O)O.O=P(O)(O)O.O=P(O)(O)O.O=P(O)(O)O.O=P(O)(O)O.[CaH2].[CaH2].[CaH2]. The Labute approximate surface area is 398 Å². The molecule has 0 radical (unpaired) electrons. The third-order valence-corrected chi connectivity index (χ3v) is 0. The molecular weight excluding hydrogens is 1050 g/mol. The molecule has 0 aliphatic heterocycles. The summed E-state index contributed by atoms with van der Waals surface area (Å²) in [7, 11) is -27.8. The molecule has 0 aromatic carbocycles. The fourth-order valence-corrected chi connectivity index (χ4v) is 0. The van der Waals surface area contributed by atoms with Gasteiger partial charge in [0.2, 0.25) is 0 Å². The first-order valence-corrected chi connectivity index (χ1v) is 18.0. The molecule has 57 heavy (non-hydrogen) atoms. The summed E-state index contributed by atoms with van der Waals surface area (Å²) in [5, 5.41) is 83.7. The van der Waals surface area contributed by atoms with E-state index in [9.17, 15) is 0 Å². The van der Waals surface area contributed by atoms with Crippen molar-refractivity contribution >= 4 is 197 Å². The molecule has 0 rings (SSSR count). The second kappa shape index (κ2) is 58.2. The third kappa shape index (κ3) is 46700000. The summed E-state index contributed by atoms with van der Waals surface area (Å²) in [5.41, 5.74) is 0. The molecule has 0 aromatic heterocycles. The summed E-state index contributed by atoms with van der Waals surface area (Å²) >= 11 is 0. The van der Waals surface area contributed by atoms with Gasteiger partial charge in [0.25, 0.3) is 0 Å². The van der Waals surface area contributed by atoms with E-state index in [0.29, 0.717) is 0 Å². The Bertz CT molecular complexity index is 917. The van der Waals surface area contributed by atoms with Gasteiger partial charge in [-0.3, -0.25) is 0 Å². The van der Waals surface area contributed by atoms with E-state index in [1.54, 1.807) is 0 Å². The predicted molar refractivity (Wildman–Crippen MR) is 175 cm³/mol. The van der Waals surface area contributed by atoms with E-state index in [1.165, 1.54) is 0 Å². The summed E-state index contributed by atoms with van der Waals surface area (Å²) < 4.78 is 53.3. The van der Waals surface area contributed by atoms with Crippen molar-refractivity contribution in [3.05, 3.63) is 0 Å². The summed E-state index contributed by atoms with van der Waals surface area (Å²) in [6.07, 6.45) is -11.0. The van der Waals surface area contributed by atoms with E-state index >= 15 is 0 Å². The zero-order chi connectivity index (χ0) is 48.5. The van der Waals surface area contributed by atoms with E-state index in [2.05, 4.69) is 0 Å². The summed E-state index contributed by atoms with van der Waals surface area (Å²) in [5.74, 6) is 0. The monoisotopic (exact) mass is 1090 g/mol. The van der Waals surface area contributed by atoms with Crippen LogP contribution in [0.4, 0.5) is 28.8 Å². The van der Waals surface area contributed by atoms with E-state index in [4.69, 9.17) is 206 Å². The molecule has 0 aromatic rings. The molecule has 0 atom stereocenters. The molecule has 42 nitrogen and oxygen atoms in total. The molecule has 0 aliphatic rings. The van der Waals surface area contributed by atoms with Gasteiger partial charge in [-0.1, -0.05) is 0 Å². The van der Waals surface area contributed by atoms with Crippen molar-refractivity contribution < 1.29 is 206 Å². The molecule has 0 aliphatic carbocycles. The number of hydrogen-bond acceptors (Lipinski definition) is 12. The number of rotatable bonds is 0. The Balaban J connectivity index is -0.0000000259. The molecule has 51 heteroatoms. The molecule has 30 N–H and O–H groups in total. The van der Waals surface area contributed by atoms with Gasteiger partial charge in [-0.15, -0.1) is 0 Å². The predicted octanol–water partition coefficient (Wildman–Crippen LogP) is -6.99. The molecule has 0 heterocycles. The first kappa shape index (κ1) is 101. The molecule has 0 saturated heterocycles. The maximum absolute atomic E-state index is 8.88. The van der Waals surface area contributed by atoms with Gasteiger partial charge in [-0.25, -0.2) is 56.2 Å². The molecule has 0 unspecified atom stereocenters. The van der Waals surface area contributed by atoms with Crippen LogP contribution in [0.25, 0.3) is 0 Å². The fourth-order valence-electron chi connectivity index (χ4n) is 0. The van der Waals surface area contributed by atoms with Crippen molar-refractivity contribution in [2.75, 3.05) is 0 Å². The third-order valence-electron chi connectivity index (χ3n) is 0. The summed E-state index contributed by atoms with van der Waals surface area (Å²) in [4.78, 5) is 181. The average molecular weight is 1090 g/mol. The van der Waals surface area contributed by atoms with Gasteiger partial charge < -0.3 is 149 Å². The Morgan fingerprint density at radius 3 is 0.193 bits per heavy atom. The van der Waals surface area contributed by atoms with Crippen LogP contribution in [0.15, 0.2) is 0 Å². The summed E-state index contributed by atoms with van der Waals surface area (Å²) in [6, 6.07) is 0. The van der Waals surface area contributed by atoms with Crippen LogP contribution in [0.1, 0.15) is 0 Å². The van der Waals surface area contributed by atoms with Crippen LogP contribution in [0, 0.1) is 0 Å². The Morgan fingerprint density at radius 1 is 0.193 bits per heavy atom. The Kier molecular flexibility index (Phi) is 103. The van der Waals surface area contributed by atoms with Crippen molar-refractivity contribution in [2.45, 2.75) is 0 Å². The van der Waals surface area contributed by atoms with Crippen LogP contribution >= 0.6 is 46.9 Å². The van der Waals surface area contributed by atoms with Crippen molar-refractivity contribution in [2.24, 2.45) is 0 Å². The molecule has 0 saturated carbocycles. The first-order valence-electron chi connectivity index (χ1n) is 8.60. The number of carboxylic acid groups (broad SMARTS) is 12.